The first-order chi connectivity index (χ1) is 8.11. The topological polar surface area (TPSA) is 33.7 Å². The van der Waals surface area contributed by atoms with Crippen LogP contribution in [0.3, 0.4) is 0 Å². The summed E-state index contributed by atoms with van der Waals surface area (Å²) in [6.45, 7) is 4.86. The minimum absolute atomic E-state index is 0.217. The number of rotatable bonds is 4. The lowest BCUT2D eigenvalue weighted by Gasteiger charge is -2.36. The van der Waals surface area contributed by atoms with Crippen LogP contribution >= 0.6 is 0 Å². The SMILES string of the molecule is CC(CNC1CCC2(CC1)OCCO2)N(C)C. The Kier molecular flexibility index (Phi) is 4.42. The number of hydrogen-bond acceptors (Lipinski definition) is 4. The van der Waals surface area contributed by atoms with Gasteiger partial charge in [-0.1, -0.05) is 0 Å². The van der Waals surface area contributed by atoms with Crippen LogP contribution in [0, 0.1) is 0 Å². The monoisotopic (exact) mass is 242 g/mol. The molecule has 100 valence electrons. The number of likely N-dealkylation sites (N-methyl/N-ethyl adjacent to an activating group) is 1. The first-order valence-corrected chi connectivity index (χ1v) is 6.79. The fraction of sp³-hybridized carbons (Fsp3) is 1.00. The van der Waals surface area contributed by atoms with Crippen LogP contribution in [-0.4, -0.2) is 56.6 Å². The molecule has 0 aromatic carbocycles. The quantitative estimate of drug-likeness (QED) is 0.803. The summed E-state index contributed by atoms with van der Waals surface area (Å²) < 4.78 is 11.5. The third-order valence-corrected chi connectivity index (χ3v) is 4.14. The van der Waals surface area contributed by atoms with E-state index in [4.69, 9.17) is 9.47 Å². The Morgan fingerprint density at radius 1 is 1.24 bits per heavy atom. The lowest BCUT2D eigenvalue weighted by Crippen LogP contribution is -2.45. The molecule has 1 aliphatic heterocycles. The van der Waals surface area contributed by atoms with E-state index in [0.29, 0.717) is 12.1 Å². The van der Waals surface area contributed by atoms with Gasteiger partial charge in [-0.05, 0) is 33.9 Å². The maximum Gasteiger partial charge on any atom is 0.168 e. The van der Waals surface area contributed by atoms with Gasteiger partial charge in [0, 0.05) is 31.5 Å². The van der Waals surface area contributed by atoms with Gasteiger partial charge < -0.3 is 19.7 Å². The fourth-order valence-electron chi connectivity index (χ4n) is 2.57. The van der Waals surface area contributed by atoms with Gasteiger partial charge in [-0.3, -0.25) is 0 Å². The molecular weight excluding hydrogens is 216 g/mol. The third kappa shape index (κ3) is 3.41. The minimum Gasteiger partial charge on any atom is -0.348 e. The van der Waals surface area contributed by atoms with Gasteiger partial charge in [-0.15, -0.1) is 0 Å². The molecule has 2 aliphatic rings. The van der Waals surface area contributed by atoms with Crippen molar-refractivity contribution in [2.45, 2.75) is 50.5 Å². The highest BCUT2D eigenvalue weighted by molar-refractivity contribution is 4.85. The smallest absolute Gasteiger partial charge is 0.168 e. The van der Waals surface area contributed by atoms with E-state index in [1.54, 1.807) is 0 Å². The van der Waals surface area contributed by atoms with E-state index in [9.17, 15) is 0 Å². The Bertz CT molecular complexity index is 227. The zero-order valence-corrected chi connectivity index (χ0v) is 11.4. The van der Waals surface area contributed by atoms with Crippen LogP contribution in [0.1, 0.15) is 32.6 Å². The molecular formula is C13H26N2O2. The molecule has 0 aromatic rings. The van der Waals surface area contributed by atoms with Crippen LogP contribution in [0.4, 0.5) is 0 Å². The number of nitrogens with one attached hydrogen (secondary N) is 1. The Morgan fingerprint density at radius 3 is 2.35 bits per heavy atom. The maximum absolute atomic E-state index is 5.74. The molecule has 2 fully saturated rings. The standard InChI is InChI=1S/C13H26N2O2/c1-11(15(2)3)10-14-12-4-6-13(7-5-12)16-8-9-17-13/h11-12,14H,4-10H2,1-3H3. The summed E-state index contributed by atoms with van der Waals surface area (Å²) in [7, 11) is 4.25. The first-order valence-electron chi connectivity index (χ1n) is 6.79. The molecule has 1 unspecified atom stereocenters. The lowest BCUT2D eigenvalue weighted by molar-refractivity contribution is -0.179. The van der Waals surface area contributed by atoms with E-state index in [2.05, 4.69) is 31.2 Å². The minimum atomic E-state index is -0.217. The van der Waals surface area contributed by atoms with Crippen LogP contribution < -0.4 is 5.32 Å². The summed E-state index contributed by atoms with van der Waals surface area (Å²) in [5.74, 6) is -0.217. The van der Waals surface area contributed by atoms with Crippen molar-refractivity contribution in [2.75, 3.05) is 33.9 Å². The molecule has 1 atom stereocenters. The Balaban J connectivity index is 1.68. The van der Waals surface area contributed by atoms with E-state index in [0.717, 1.165) is 32.6 Å². The van der Waals surface area contributed by atoms with Gasteiger partial charge in [0.15, 0.2) is 5.79 Å². The fourth-order valence-corrected chi connectivity index (χ4v) is 2.57. The lowest BCUT2D eigenvalue weighted by atomic mass is 9.90. The van der Waals surface area contributed by atoms with E-state index in [1.807, 2.05) is 0 Å². The maximum atomic E-state index is 5.74. The number of hydrogen-bond donors (Lipinski definition) is 1. The van der Waals surface area contributed by atoms with Crippen LogP contribution in [0.5, 0.6) is 0 Å². The highest BCUT2D eigenvalue weighted by Crippen LogP contribution is 2.35. The third-order valence-electron chi connectivity index (χ3n) is 4.14. The van der Waals surface area contributed by atoms with Crippen molar-refractivity contribution in [3.63, 3.8) is 0 Å². The molecule has 1 spiro atoms. The van der Waals surface area contributed by atoms with Crippen molar-refractivity contribution in [3.05, 3.63) is 0 Å². The van der Waals surface area contributed by atoms with E-state index >= 15 is 0 Å². The van der Waals surface area contributed by atoms with Crippen molar-refractivity contribution < 1.29 is 9.47 Å². The second-order valence-corrected chi connectivity index (χ2v) is 5.60. The van der Waals surface area contributed by atoms with Gasteiger partial charge in [0.05, 0.1) is 13.2 Å². The van der Waals surface area contributed by atoms with Crippen LogP contribution in [0.25, 0.3) is 0 Å². The molecule has 1 aliphatic carbocycles. The molecule has 1 saturated heterocycles. The highest BCUT2D eigenvalue weighted by atomic mass is 16.7. The average Bonchev–Trinajstić information content (AvgIpc) is 2.76. The molecule has 1 heterocycles. The summed E-state index contributed by atoms with van der Waals surface area (Å²) in [6.07, 6.45) is 4.42. The molecule has 4 nitrogen and oxygen atoms in total. The summed E-state index contributed by atoms with van der Waals surface area (Å²) in [6, 6.07) is 1.22. The van der Waals surface area contributed by atoms with Crippen molar-refractivity contribution >= 4 is 0 Å². The van der Waals surface area contributed by atoms with Crippen LogP contribution in [0.2, 0.25) is 0 Å². The van der Waals surface area contributed by atoms with Gasteiger partial charge in [0.1, 0.15) is 0 Å². The Hall–Kier alpha value is -0.160. The molecule has 1 saturated carbocycles. The first kappa shape index (κ1) is 13.3. The molecule has 17 heavy (non-hydrogen) atoms. The summed E-state index contributed by atoms with van der Waals surface area (Å²) in [4.78, 5) is 2.25. The van der Waals surface area contributed by atoms with Gasteiger partial charge in [0.25, 0.3) is 0 Å². The van der Waals surface area contributed by atoms with Gasteiger partial charge in [0.2, 0.25) is 0 Å². The average molecular weight is 242 g/mol. The van der Waals surface area contributed by atoms with Crippen LogP contribution in [-0.2, 0) is 9.47 Å². The van der Waals surface area contributed by atoms with Crippen molar-refractivity contribution in [1.29, 1.82) is 0 Å². The molecule has 4 heteroatoms. The van der Waals surface area contributed by atoms with Gasteiger partial charge >= 0.3 is 0 Å². The Morgan fingerprint density at radius 2 is 1.82 bits per heavy atom. The highest BCUT2D eigenvalue weighted by Gasteiger charge is 2.40. The molecule has 0 amide bonds. The second-order valence-electron chi connectivity index (χ2n) is 5.60. The molecule has 2 rings (SSSR count). The largest absolute Gasteiger partial charge is 0.348 e. The van der Waals surface area contributed by atoms with Crippen molar-refractivity contribution in [2.24, 2.45) is 0 Å². The molecule has 0 radical (unpaired) electrons. The predicted molar refractivity (Wildman–Crippen MR) is 68.0 cm³/mol. The Labute approximate surface area is 105 Å². The normalized spacial score (nSPS) is 26.8. The number of nitrogens with zero attached hydrogens (tertiary/aromatic N) is 1. The summed E-state index contributed by atoms with van der Waals surface area (Å²) >= 11 is 0. The van der Waals surface area contributed by atoms with Gasteiger partial charge in [-0.25, -0.2) is 0 Å². The van der Waals surface area contributed by atoms with Crippen molar-refractivity contribution in [1.82, 2.24) is 10.2 Å². The van der Waals surface area contributed by atoms with Crippen molar-refractivity contribution in [3.8, 4) is 0 Å². The van der Waals surface area contributed by atoms with E-state index in [-0.39, 0.29) is 5.79 Å². The molecule has 1 N–H and O–H groups in total. The van der Waals surface area contributed by atoms with E-state index in [1.165, 1.54) is 12.8 Å². The summed E-state index contributed by atoms with van der Waals surface area (Å²) in [5, 5.41) is 3.66. The predicted octanol–water partition coefficient (Wildman–Crippen LogP) is 1.21. The van der Waals surface area contributed by atoms with E-state index < -0.39 is 0 Å². The van der Waals surface area contributed by atoms with Gasteiger partial charge in [-0.2, -0.15) is 0 Å². The second kappa shape index (κ2) is 5.65. The zero-order valence-electron chi connectivity index (χ0n) is 11.4. The molecule has 0 aromatic heterocycles. The molecule has 0 bridgehead atoms. The summed E-state index contributed by atoms with van der Waals surface area (Å²) in [5.41, 5.74) is 0. The number of ether oxygens (including phenoxy) is 2. The van der Waals surface area contributed by atoms with Crippen LogP contribution in [0.15, 0.2) is 0 Å². The zero-order chi connectivity index (χ0) is 12.3.